The van der Waals surface area contributed by atoms with Crippen molar-refractivity contribution in [2.75, 3.05) is 5.75 Å². The van der Waals surface area contributed by atoms with E-state index in [2.05, 4.69) is 79.9 Å². The summed E-state index contributed by atoms with van der Waals surface area (Å²) >= 11 is 0. The van der Waals surface area contributed by atoms with Crippen LogP contribution in [0.15, 0.2) is 72.9 Å². The molecule has 3 N–H and O–H groups in total. The number of rotatable bonds is 40. The summed E-state index contributed by atoms with van der Waals surface area (Å²) in [5.41, 5.74) is 0. The van der Waals surface area contributed by atoms with E-state index in [0.717, 1.165) is 83.5 Å². The molecule has 0 aliphatic heterocycles. The minimum Gasteiger partial charge on any atom is -0.387 e. The van der Waals surface area contributed by atoms with Gasteiger partial charge in [0.05, 0.1) is 17.9 Å². The largest absolute Gasteiger partial charge is 0.387 e. The number of aliphatic hydroxyl groups excluding tert-OH is 1. The summed E-state index contributed by atoms with van der Waals surface area (Å²) in [5, 5.41) is 13.3. The number of hydrogen-bond acceptors (Lipinski definition) is 4. The second-order valence-corrected chi connectivity index (χ2v) is 16.8. The summed E-state index contributed by atoms with van der Waals surface area (Å²) < 4.78 is 32.6. The average Bonchev–Trinajstić information content (AvgIpc) is 3.15. The van der Waals surface area contributed by atoms with Gasteiger partial charge in [0.1, 0.15) is 0 Å². The highest BCUT2D eigenvalue weighted by Gasteiger charge is 2.24. The molecule has 0 spiro atoms. The lowest BCUT2D eigenvalue weighted by Gasteiger charge is -2.21. The summed E-state index contributed by atoms with van der Waals surface area (Å²) in [6.07, 6.45) is 58.9. The third-order valence-corrected chi connectivity index (χ3v) is 10.7. The van der Waals surface area contributed by atoms with Crippen LogP contribution in [0.3, 0.4) is 0 Å². The van der Waals surface area contributed by atoms with E-state index in [1.807, 2.05) is 6.08 Å². The highest BCUT2D eigenvalue weighted by Crippen LogP contribution is 2.15. The van der Waals surface area contributed by atoms with E-state index in [1.165, 1.54) is 103 Å². The maximum atomic E-state index is 12.6. The van der Waals surface area contributed by atoms with Crippen LogP contribution in [0.5, 0.6) is 0 Å². The number of allylic oxidation sites excluding steroid dienone is 11. The number of hydrogen-bond donors (Lipinski definition) is 3. The van der Waals surface area contributed by atoms with Gasteiger partial charge in [0.15, 0.2) is 0 Å². The number of aliphatic hydroxyl groups is 1. The minimum atomic E-state index is -4.35. The Bertz CT molecular complexity index is 1140. The second kappa shape index (κ2) is 41.4. The van der Waals surface area contributed by atoms with Crippen LogP contribution in [0.4, 0.5) is 0 Å². The van der Waals surface area contributed by atoms with Gasteiger partial charge in [0.2, 0.25) is 5.91 Å². The van der Waals surface area contributed by atoms with Gasteiger partial charge >= 0.3 is 0 Å². The van der Waals surface area contributed by atoms with Crippen molar-refractivity contribution >= 4 is 16.0 Å². The SMILES string of the molecule is CC/C=C\C/C=C\C/C=C\C/C=C\C/C=C\CCCCCCCCCC(=O)NC(CS(=O)(=O)O)C(O)/C=C/CCCCCCCCCCCCCCCCC. The fourth-order valence-corrected chi connectivity index (χ4v) is 7.27. The van der Waals surface area contributed by atoms with Crippen molar-refractivity contribution in [2.45, 2.75) is 219 Å². The third-order valence-electron chi connectivity index (χ3n) is 9.89. The van der Waals surface area contributed by atoms with E-state index >= 15 is 0 Å². The Morgan fingerprint density at radius 2 is 0.873 bits per heavy atom. The Morgan fingerprint density at radius 3 is 1.29 bits per heavy atom. The van der Waals surface area contributed by atoms with Gasteiger partial charge in [-0.3, -0.25) is 9.35 Å². The van der Waals surface area contributed by atoms with Crippen LogP contribution in [0.2, 0.25) is 0 Å². The third kappa shape index (κ3) is 42.8. The zero-order valence-corrected chi connectivity index (χ0v) is 36.3. The molecule has 0 aromatic rings. The van der Waals surface area contributed by atoms with Crippen molar-refractivity contribution in [3.63, 3.8) is 0 Å². The lowest BCUT2D eigenvalue weighted by molar-refractivity contribution is -0.122. The molecule has 2 unspecified atom stereocenters. The molecular formula is C48H85NO5S. The van der Waals surface area contributed by atoms with Gasteiger partial charge in [-0.25, -0.2) is 0 Å². The highest BCUT2D eigenvalue weighted by atomic mass is 32.2. The smallest absolute Gasteiger partial charge is 0.267 e. The van der Waals surface area contributed by atoms with Crippen molar-refractivity contribution < 1.29 is 22.9 Å². The number of carbonyl (C=O) groups excluding carboxylic acids is 1. The summed E-state index contributed by atoms with van der Waals surface area (Å²) in [5.74, 6) is -0.997. The van der Waals surface area contributed by atoms with Crippen molar-refractivity contribution in [2.24, 2.45) is 0 Å². The van der Waals surface area contributed by atoms with Gasteiger partial charge in [-0.05, 0) is 64.2 Å². The molecule has 6 nitrogen and oxygen atoms in total. The van der Waals surface area contributed by atoms with Crippen LogP contribution in [0, 0.1) is 0 Å². The fourth-order valence-electron chi connectivity index (χ4n) is 6.53. The summed E-state index contributed by atoms with van der Waals surface area (Å²) in [6, 6.07) is -1.07. The van der Waals surface area contributed by atoms with Crippen molar-refractivity contribution in [1.82, 2.24) is 5.32 Å². The number of carbonyl (C=O) groups is 1. The minimum absolute atomic E-state index is 0.279. The zero-order chi connectivity index (χ0) is 40.3. The first-order chi connectivity index (χ1) is 26.8. The summed E-state index contributed by atoms with van der Waals surface area (Å²) in [6.45, 7) is 4.42. The Kier molecular flexibility index (Phi) is 39.7. The average molecular weight is 788 g/mol. The Morgan fingerprint density at radius 1 is 0.509 bits per heavy atom. The van der Waals surface area contributed by atoms with Crippen molar-refractivity contribution in [1.29, 1.82) is 0 Å². The first kappa shape index (κ1) is 52.8. The molecule has 1 amide bonds. The molecule has 0 saturated heterocycles. The maximum Gasteiger partial charge on any atom is 0.267 e. The normalized spacial score (nSPS) is 13.9. The first-order valence-electron chi connectivity index (χ1n) is 22.6. The molecule has 0 aromatic carbocycles. The van der Waals surface area contributed by atoms with Crippen LogP contribution >= 0.6 is 0 Å². The van der Waals surface area contributed by atoms with Gasteiger partial charge < -0.3 is 10.4 Å². The van der Waals surface area contributed by atoms with E-state index in [-0.39, 0.29) is 12.3 Å². The standard InChI is InChI=1S/C48H85NO5S/c1-3-5-7-9-11-13-15-17-19-21-22-23-24-25-26-28-30-32-34-36-38-40-42-44-48(51)49-46(45-55(52,53)54)47(50)43-41-39-37-35-33-31-29-27-20-18-16-14-12-10-8-6-4-2/h5,7,11,13,17,19,22-23,25-26,41,43,46-47,50H,3-4,6,8-10,12,14-16,18,20-21,24,27-40,42,44-45H2,1-2H3,(H,49,51)(H,52,53,54)/b7-5-,13-11-,19-17-,23-22-,26-25-,43-41+. The Labute approximate surface area is 340 Å². The van der Waals surface area contributed by atoms with Crippen LogP contribution < -0.4 is 5.32 Å². The monoisotopic (exact) mass is 788 g/mol. The van der Waals surface area contributed by atoms with Gasteiger partial charge in [-0.15, -0.1) is 0 Å². The molecule has 0 aliphatic rings. The van der Waals surface area contributed by atoms with Crippen LogP contribution in [0.25, 0.3) is 0 Å². The second-order valence-electron chi connectivity index (χ2n) is 15.3. The number of amides is 1. The molecule has 0 aliphatic carbocycles. The molecule has 0 fully saturated rings. The van der Waals surface area contributed by atoms with E-state index in [9.17, 15) is 22.9 Å². The molecule has 0 radical (unpaired) electrons. The van der Waals surface area contributed by atoms with Crippen LogP contribution in [-0.4, -0.2) is 41.9 Å². The predicted molar refractivity (Wildman–Crippen MR) is 239 cm³/mol. The van der Waals surface area contributed by atoms with Gasteiger partial charge in [0, 0.05) is 6.42 Å². The lowest BCUT2D eigenvalue weighted by Crippen LogP contribution is -2.46. The molecule has 0 aromatic heterocycles. The Hall–Kier alpha value is -2.22. The van der Waals surface area contributed by atoms with Crippen LogP contribution in [0.1, 0.15) is 206 Å². The van der Waals surface area contributed by atoms with E-state index < -0.39 is 28.0 Å². The van der Waals surface area contributed by atoms with Gasteiger partial charge in [-0.1, -0.05) is 209 Å². The molecule has 0 heterocycles. The molecule has 318 valence electrons. The molecule has 0 rings (SSSR count). The zero-order valence-electron chi connectivity index (χ0n) is 35.5. The summed E-state index contributed by atoms with van der Waals surface area (Å²) in [7, 11) is -4.35. The molecule has 0 saturated carbocycles. The maximum absolute atomic E-state index is 12.6. The van der Waals surface area contributed by atoms with Crippen molar-refractivity contribution in [3.8, 4) is 0 Å². The lowest BCUT2D eigenvalue weighted by atomic mass is 10.0. The molecule has 55 heavy (non-hydrogen) atoms. The van der Waals surface area contributed by atoms with Gasteiger partial charge in [-0.2, -0.15) is 8.42 Å². The topological polar surface area (TPSA) is 104 Å². The predicted octanol–water partition coefficient (Wildman–Crippen LogP) is 13.8. The molecule has 7 heteroatoms. The van der Waals surface area contributed by atoms with Gasteiger partial charge in [0.25, 0.3) is 10.1 Å². The molecule has 2 atom stereocenters. The van der Waals surface area contributed by atoms with E-state index in [4.69, 9.17) is 0 Å². The fraction of sp³-hybridized carbons (Fsp3) is 0.729. The van der Waals surface area contributed by atoms with Crippen molar-refractivity contribution in [3.05, 3.63) is 72.9 Å². The number of nitrogens with one attached hydrogen (secondary N) is 1. The Balaban J connectivity index is 3.92. The molecular weight excluding hydrogens is 703 g/mol. The first-order valence-corrected chi connectivity index (χ1v) is 24.2. The summed E-state index contributed by atoms with van der Waals surface area (Å²) in [4.78, 5) is 12.6. The van der Waals surface area contributed by atoms with Crippen LogP contribution in [-0.2, 0) is 14.9 Å². The number of unbranched alkanes of at least 4 members (excludes halogenated alkanes) is 22. The quantitative estimate of drug-likeness (QED) is 0.0326. The highest BCUT2D eigenvalue weighted by molar-refractivity contribution is 7.85. The molecule has 0 bridgehead atoms. The van der Waals surface area contributed by atoms with E-state index in [0.29, 0.717) is 0 Å². The van der Waals surface area contributed by atoms with E-state index in [1.54, 1.807) is 6.08 Å².